The summed E-state index contributed by atoms with van der Waals surface area (Å²) in [6.07, 6.45) is 14.8. The van der Waals surface area contributed by atoms with E-state index >= 15 is 0 Å². The van der Waals surface area contributed by atoms with Crippen molar-refractivity contribution in [2.45, 2.75) is 58.3 Å². The van der Waals surface area contributed by atoms with Crippen LogP contribution in [0.4, 0.5) is 0 Å². The Bertz CT molecular complexity index is 137. The molecule has 0 N–H and O–H groups in total. The zero-order chi connectivity index (χ0) is 9.36. The van der Waals surface area contributed by atoms with Crippen LogP contribution in [0.1, 0.15) is 58.3 Å². The van der Waals surface area contributed by atoms with Crippen molar-refractivity contribution in [3.05, 3.63) is 0 Å². The van der Waals surface area contributed by atoms with Crippen LogP contribution in [-0.4, -0.2) is 18.1 Å². The number of hydrogen-bond donors (Lipinski definition) is 0. The van der Waals surface area contributed by atoms with Crippen LogP contribution in [0.25, 0.3) is 0 Å². The van der Waals surface area contributed by atoms with Crippen LogP contribution in [0, 0.1) is 0 Å². The molecule has 0 aromatic carbocycles. The summed E-state index contributed by atoms with van der Waals surface area (Å²) >= 11 is 0. The normalized spacial score (nSPS) is 20.2. The molecule has 1 heteroatoms. The number of unbranched alkanes of at least 4 members (excludes halogenated alkanes) is 1. The first-order chi connectivity index (χ1) is 6.43. The van der Waals surface area contributed by atoms with Gasteiger partial charge in [0.05, 0.1) is 13.3 Å². The molecule has 0 aliphatic carbocycles. The number of hydrogen-bond acceptors (Lipinski definition) is 0. The van der Waals surface area contributed by atoms with Crippen molar-refractivity contribution in [1.29, 1.82) is 0 Å². The highest BCUT2D eigenvalue weighted by molar-refractivity contribution is 7.57. The van der Waals surface area contributed by atoms with Gasteiger partial charge >= 0.3 is 0 Å². The van der Waals surface area contributed by atoms with Gasteiger partial charge in [0.2, 0.25) is 0 Å². The fourth-order valence-electron chi connectivity index (χ4n) is 1.94. The molecule has 0 nitrogen and oxygen atoms in total. The lowest BCUT2D eigenvalue weighted by molar-refractivity contribution is 0.636. The van der Waals surface area contributed by atoms with E-state index in [0.29, 0.717) is 7.55 Å². The Morgan fingerprint density at radius 1 is 0.923 bits per heavy atom. The van der Waals surface area contributed by atoms with Crippen LogP contribution in [0.15, 0.2) is 0 Å². The van der Waals surface area contributed by atoms with Crippen molar-refractivity contribution in [2.75, 3.05) is 12.3 Å². The molecule has 0 atom stereocenters. The molecule has 1 aliphatic heterocycles. The second kappa shape index (κ2) is 7.56. The molecule has 0 unspecified atom stereocenters. The third-order valence-corrected chi connectivity index (χ3v) is 5.37. The van der Waals surface area contributed by atoms with Gasteiger partial charge in [0.1, 0.15) is 12.3 Å². The van der Waals surface area contributed by atoms with Crippen molar-refractivity contribution >= 4 is 13.3 Å². The van der Waals surface area contributed by atoms with Crippen LogP contribution in [0.5, 0.6) is 0 Å². The van der Waals surface area contributed by atoms with Gasteiger partial charge in [-0.2, -0.15) is 0 Å². The SMILES string of the molecule is CCCC=[P+]1CCCCCCCC1. The first kappa shape index (κ1) is 11.2. The predicted molar refractivity (Wildman–Crippen MR) is 65.3 cm³/mol. The second-order valence-corrected chi connectivity index (χ2v) is 6.57. The van der Waals surface area contributed by atoms with Gasteiger partial charge in [0.15, 0.2) is 0 Å². The molecule has 1 rings (SSSR count). The first-order valence-corrected chi connectivity index (χ1v) is 7.79. The molecule has 0 aromatic rings. The van der Waals surface area contributed by atoms with Gasteiger partial charge < -0.3 is 0 Å². The van der Waals surface area contributed by atoms with Crippen LogP contribution in [0.2, 0.25) is 0 Å². The van der Waals surface area contributed by atoms with Crippen molar-refractivity contribution < 1.29 is 0 Å². The summed E-state index contributed by atoms with van der Waals surface area (Å²) in [6.45, 7) is 2.29. The molecule has 1 fully saturated rings. The van der Waals surface area contributed by atoms with E-state index in [2.05, 4.69) is 12.7 Å². The van der Waals surface area contributed by atoms with E-state index in [1.807, 2.05) is 0 Å². The third-order valence-electron chi connectivity index (χ3n) is 2.82. The van der Waals surface area contributed by atoms with Crippen molar-refractivity contribution in [3.63, 3.8) is 0 Å². The van der Waals surface area contributed by atoms with Gasteiger partial charge in [-0.15, -0.1) is 0 Å². The molecule has 0 saturated carbocycles. The summed E-state index contributed by atoms with van der Waals surface area (Å²) in [7, 11) is 0.337. The Kier molecular flexibility index (Phi) is 6.54. The van der Waals surface area contributed by atoms with Crippen molar-refractivity contribution in [1.82, 2.24) is 0 Å². The summed E-state index contributed by atoms with van der Waals surface area (Å²) < 4.78 is 0. The number of rotatable bonds is 2. The largest absolute Gasteiger partial charge is 0.106 e. The van der Waals surface area contributed by atoms with Crippen LogP contribution in [-0.2, 0) is 0 Å². The van der Waals surface area contributed by atoms with E-state index in [1.54, 1.807) is 0 Å². The molecule has 1 saturated heterocycles. The monoisotopic (exact) mass is 199 g/mol. The molecular formula is C12H24P+. The van der Waals surface area contributed by atoms with Gasteiger partial charge in [-0.3, -0.25) is 0 Å². The second-order valence-electron chi connectivity index (χ2n) is 4.13. The highest BCUT2D eigenvalue weighted by Crippen LogP contribution is 2.28. The van der Waals surface area contributed by atoms with E-state index in [4.69, 9.17) is 0 Å². The van der Waals surface area contributed by atoms with Gasteiger partial charge in [-0.05, 0) is 32.1 Å². The maximum Gasteiger partial charge on any atom is 0.106 e. The zero-order valence-corrected chi connectivity index (χ0v) is 9.99. The Labute approximate surface area is 84.5 Å². The fourth-order valence-corrected chi connectivity index (χ4v) is 4.41. The van der Waals surface area contributed by atoms with E-state index < -0.39 is 0 Å². The maximum absolute atomic E-state index is 2.65. The van der Waals surface area contributed by atoms with E-state index in [0.717, 1.165) is 0 Å². The van der Waals surface area contributed by atoms with Gasteiger partial charge in [-0.1, -0.05) is 19.8 Å². The van der Waals surface area contributed by atoms with E-state index in [1.165, 1.54) is 63.7 Å². The van der Waals surface area contributed by atoms with E-state index in [-0.39, 0.29) is 0 Å². The molecule has 0 aromatic heterocycles. The topological polar surface area (TPSA) is 0 Å². The predicted octanol–water partition coefficient (Wildman–Crippen LogP) is 4.42. The minimum absolute atomic E-state index is 0.337. The van der Waals surface area contributed by atoms with Crippen LogP contribution in [0.3, 0.4) is 0 Å². The van der Waals surface area contributed by atoms with E-state index in [9.17, 15) is 0 Å². The summed E-state index contributed by atoms with van der Waals surface area (Å²) in [5.41, 5.74) is 0. The summed E-state index contributed by atoms with van der Waals surface area (Å²) in [5, 5.41) is 0. The Morgan fingerprint density at radius 3 is 2.00 bits per heavy atom. The van der Waals surface area contributed by atoms with Gasteiger partial charge in [0.25, 0.3) is 0 Å². The molecule has 1 aliphatic rings. The first-order valence-electron chi connectivity index (χ1n) is 6.01. The zero-order valence-electron chi connectivity index (χ0n) is 9.10. The summed E-state index contributed by atoms with van der Waals surface area (Å²) in [5.74, 6) is 2.65. The minimum Gasteiger partial charge on any atom is -0.0649 e. The van der Waals surface area contributed by atoms with Crippen molar-refractivity contribution in [2.24, 2.45) is 0 Å². The molecular weight excluding hydrogens is 175 g/mol. The molecule has 0 amide bonds. The molecule has 0 bridgehead atoms. The highest BCUT2D eigenvalue weighted by Gasteiger charge is 2.10. The maximum atomic E-state index is 2.65. The average Bonchev–Trinajstić information content (AvgIpc) is 2.28. The van der Waals surface area contributed by atoms with Crippen LogP contribution < -0.4 is 0 Å². The lowest BCUT2D eigenvalue weighted by atomic mass is 10.1. The molecule has 13 heavy (non-hydrogen) atoms. The Hall–Kier alpha value is 0.170. The Balaban J connectivity index is 2.31. The van der Waals surface area contributed by atoms with Crippen molar-refractivity contribution in [3.8, 4) is 0 Å². The van der Waals surface area contributed by atoms with Gasteiger partial charge in [-0.25, -0.2) is 0 Å². The summed E-state index contributed by atoms with van der Waals surface area (Å²) in [6, 6.07) is 0. The third kappa shape index (κ3) is 5.47. The molecule has 0 radical (unpaired) electrons. The Morgan fingerprint density at radius 2 is 1.46 bits per heavy atom. The smallest absolute Gasteiger partial charge is 0.0649 e. The molecule has 76 valence electrons. The molecule has 1 heterocycles. The molecule has 0 spiro atoms. The lowest BCUT2D eigenvalue weighted by Gasteiger charge is -1.93. The average molecular weight is 199 g/mol. The standard InChI is InChI=1S/C12H24P/c1-2-3-10-13-11-8-6-4-5-7-9-12-13/h10H,2-9,11-12H2,1H3/q+1. The van der Waals surface area contributed by atoms with Crippen LogP contribution >= 0.6 is 7.55 Å². The summed E-state index contributed by atoms with van der Waals surface area (Å²) in [4.78, 5) is 0. The van der Waals surface area contributed by atoms with Gasteiger partial charge in [0, 0.05) is 6.42 Å². The quantitative estimate of drug-likeness (QED) is 0.577. The fraction of sp³-hybridized carbons (Fsp3) is 0.917. The lowest BCUT2D eigenvalue weighted by Crippen LogP contribution is -1.86. The highest BCUT2D eigenvalue weighted by atomic mass is 31.1. The minimum atomic E-state index is 0.337.